The van der Waals surface area contributed by atoms with Crippen LogP contribution < -0.4 is 10.1 Å². The molecular weight excluding hydrogens is 428 g/mol. The number of rotatable bonds is 3. The van der Waals surface area contributed by atoms with Gasteiger partial charge in [0.2, 0.25) is 0 Å². The van der Waals surface area contributed by atoms with E-state index in [0.717, 1.165) is 11.3 Å². The summed E-state index contributed by atoms with van der Waals surface area (Å²) < 4.78 is 10.7. The quantitative estimate of drug-likeness (QED) is 0.634. The summed E-state index contributed by atoms with van der Waals surface area (Å²) in [4.78, 5) is 27.2. The zero-order chi connectivity index (χ0) is 22.2. The number of nitrogens with zero attached hydrogens (tertiary/aromatic N) is 1. The van der Waals surface area contributed by atoms with Gasteiger partial charge in [0, 0.05) is 5.92 Å². The van der Waals surface area contributed by atoms with Crippen molar-refractivity contribution < 1.29 is 24.2 Å². The Morgan fingerprint density at radius 1 is 1.33 bits per heavy atom. The average Bonchev–Trinajstić information content (AvgIpc) is 3.10. The molecule has 1 saturated carbocycles. The van der Waals surface area contributed by atoms with Crippen LogP contribution in [0.25, 0.3) is 0 Å². The molecule has 1 fully saturated rings. The van der Waals surface area contributed by atoms with Crippen molar-refractivity contribution in [3.63, 3.8) is 0 Å². The molecule has 1 aliphatic heterocycles. The molecule has 1 aromatic carbocycles. The molecule has 2 aliphatic rings. The molecule has 2 atom stereocenters. The van der Waals surface area contributed by atoms with E-state index in [1.54, 1.807) is 39.0 Å². The summed E-state index contributed by atoms with van der Waals surface area (Å²) in [6.45, 7) is 5.20. The Morgan fingerprint density at radius 2 is 2.03 bits per heavy atom. The van der Waals surface area contributed by atoms with Crippen molar-refractivity contribution in [3.05, 3.63) is 34.6 Å². The van der Waals surface area contributed by atoms with Gasteiger partial charge in [-0.1, -0.05) is 36.3 Å². The number of carbonyl (C=O) groups is 2. The number of ether oxygens (including phenoxy) is 2. The Balaban J connectivity index is 1.96. The smallest absolute Gasteiger partial charge is 0.417 e. The number of imide groups is 1. The van der Waals surface area contributed by atoms with Crippen molar-refractivity contribution in [1.82, 2.24) is 4.90 Å². The number of amides is 2. The van der Waals surface area contributed by atoms with Crippen molar-refractivity contribution >= 4 is 46.5 Å². The van der Waals surface area contributed by atoms with Gasteiger partial charge in [0.1, 0.15) is 21.9 Å². The fraction of sp³-hybridized carbons (Fsp3) is 0.476. The monoisotopic (exact) mass is 452 g/mol. The molecule has 162 valence electrons. The Hall–Kier alpha value is -2.32. The molecule has 3 rings (SSSR count). The minimum atomic E-state index is -0.762. The standard InChI is InChI=1S/C21H25ClN2O5S/c1-21(2,3)29-20(27)24-14-10-5-7-11(14)16(25)15(19(24)26)18(30)23-13-9-6-8-12(22)17(13)28-4/h6,8-9,11,14,25H,5,7,10H2,1-4H3,(H,23,30). The van der Waals surface area contributed by atoms with Crippen LogP contribution in [-0.4, -0.2) is 45.7 Å². The average molecular weight is 453 g/mol. The molecule has 0 bridgehead atoms. The maximum atomic E-state index is 13.3. The molecule has 0 aromatic heterocycles. The van der Waals surface area contributed by atoms with Gasteiger partial charge in [0.25, 0.3) is 5.91 Å². The van der Waals surface area contributed by atoms with Gasteiger partial charge in [-0.2, -0.15) is 0 Å². The van der Waals surface area contributed by atoms with E-state index in [1.165, 1.54) is 7.11 Å². The van der Waals surface area contributed by atoms with Gasteiger partial charge >= 0.3 is 6.09 Å². The van der Waals surface area contributed by atoms with Gasteiger partial charge in [-0.15, -0.1) is 0 Å². The number of hydrogen-bond acceptors (Lipinski definition) is 6. The number of thiocarbonyl (C=S) groups is 1. The van der Waals surface area contributed by atoms with Crippen LogP contribution in [0.2, 0.25) is 5.02 Å². The largest absolute Gasteiger partial charge is 0.511 e. The number of hydrogen-bond donors (Lipinski definition) is 2. The number of fused-ring (bicyclic) bond motifs is 1. The van der Waals surface area contributed by atoms with Gasteiger partial charge in [0.15, 0.2) is 5.75 Å². The Labute approximate surface area is 186 Å². The molecule has 1 aromatic rings. The van der Waals surface area contributed by atoms with Crippen LogP contribution in [0.3, 0.4) is 0 Å². The second kappa shape index (κ2) is 8.43. The Morgan fingerprint density at radius 3 is 2.67 bits per heavy atom. The molecule has 2 N–H and O–H groups in total. The predicted molar refractivity (Wildman–Crippen MR) is 118 cm³/mol. The molecule has 7 nitrogen and oxygen atoms in total. The lowest BCUT2D eigenvalue weighted by atomic mass is 9.91. The van der Waals surface area contributed by atoms with E-state index >= 15 is 0 Å². The summed E-state index contributed by atoms with van der Waals surface area (Å²) in [6.07, 6.45) is 1.30. The number of aliphatic hydroxyl groups is 1. The lowest BCUT2D eigenvalue weighted by molar-refractivity contribution is -0.130. The van der Waals surface area contributed by atoms with Crippen molar-refractivity contribution in [2.24, 2.45) is 5.92 Å². The van der Waals surface area contributed by atoms with Crippen LogP contribution in [0.4, 0.5) is 10.5 Å². The number of halogens is 1. The molecule has 1 aliphatic carbocycles. The lowest BCUT2D eigenvalue weighted by Crippen LogP contribution is -2.53. The summed E-state index contributed by atoms with van der Waals surface area (Å²) in [5.74, 6) is -0.789. The summed E-state index contributed by atoms with van der Waals surface area (Å²) in [7, 11) is 1.46. The lowest BCUT2D eigenvalue weighted by Gasteiger charge is -2.37. The number of benzene rings is 1. The predicted octanol–water partition coefficient (Wildman–Crippen LogP) is 4.85. The molecule has 2 unspecified atom stereocenters. The van der Waals surface area contributed by atoms with Gasteiger partial charge in [-0.25, -0.2) is 9.69 Å². The molecule has 1 heterocycles. The maximum absolute atomic E-state index is 13.3. The molecule has 0 saturated heterocycles. The number of para-hydroxylation sites is 1. The van der Waals surface area contributed by atoms with Gasteiger partial charge in [0.05, 0.1) is 23.9 Å². The summed E-state index contributed by atoms with van der Waals surface area (Å²) in [5.41, 5.74) is -0.427. The van der Waals surface area contributed by atoms with E-state index in [-0.39, 0.29) is 22.2 Å². The van der Waals surface area contributed by atoms with Gasteiger partial charge in [-0.3, -0.25) is 4.79 Å². The van der Waals surface area contributed by atoms with Gasteiger partial charge in [-0.05, 0) is 45.7 Å². The van der Waals surface area contributed by atoms with Crippen LogP contribution >= 0.6 is 23.8 Å². The number of methoxy groups -OCH3 is 1. The third-order valence-corrected chi connectivity index (χ3v) is 5.69. The first kappa shape index (κ1) is 22.4. The summed E-state index contributed by atoms with van der Waals surface area (Å²) in [6, 6.07) is 4.60. The highest BCUT2D eigenvalue weighted by Gasteiger charge is 2.49. The molecular formula is C21H25ClN2O5S. The minimum Gasteiger partial charge on any atom is -0.511 e. The van der Waals surface area contributed by atoms with E-state index in [0.29, 0.717) is 29.3 Å². The highest BCUT2D eigenvalue weighted by Crippen LogP contribution is 2.41. The first-order chi connectivity index (χ1) is 14.0. The van der Waals surface area contributed by atoms with Crippen molar-refractivity contribution in [2.75, 3.05) is 12.4 Å². The summed E-state index contributed by atoms with van der Waals surface area (Å²) in [5, 5.41) is 14.2. The highest BCUT2D eigenvalue weighted by atomic mass is 35.5. The van der Waals surface area contributed by atoms with E-state index < -0.39 is 23.6 Å². The summed E-state index contributed by atoms with van der Waals surface area (Å²) >= 11 is 11.6. The van der Waals surface area contributed by atoms with Crippen molar-refractivity contribution in [1.29, 1.82) is 0 Å². The maximum Gasteiger partial charge on any atom is 0.417 e. The molecule has 0 spiro atoms. The topological polar surface area (TPSA) is 88.1 Å². The number of nitrogens with one attached hydrogen (secondary N) is 1. The normalized spacial score (nSPS) is 21.4. The Bertz CT molecular complexity index is 924. The second-order valence-electron chi connectivity index (χ2n) is 8.30. The van der Waals surface area contributed by atoms with Crippen LogP contribution in [-0.2, 0) is 9.53 Å². The fourth-order valence-electron chi connectivity index (χ4n) is 3.88. The van der Waals surface area contributed by atoms with E-state index in [9.17, 15) is 14.7 Å². The fourth-order valence-corrected chi connectivity index (χ4v) is 4.43. The molecule has 30 heavy (non-hydrogen) atoms. The molecule has 0 radical (unpaired) electrons. The minimum absolute atomic E-state index is 0.0167. The number of aliphatic hydroxyl groups excluding tert-OH is 1. The van der Waals surface area contributed by atoms with E-state index in [2.05, 4.69) is 5.32 Å². The third kappa shape index (κ3) is 4.25. The van der Waals surface area contributed by atoms with Crippen molar-refractivity contribution in [2.45, 2.75) is 51.7 Å². The number of anilines is 1. The number of carbonyl (C=O) groups excluding carboxylic acids is 2. The first-order valence-corrected chi connectivity index (χ1v) is 10.5. The van der Waals surface area contributed by atoms with E-state index in [1.807, 2.05) is 0 Å². The highest BCUT2D eigenvalue weighted by molar-refractivity contribution is 7.81. The van der Waals surface area contributed by atoms with Crippen LogP contribution in [0.5, 0.6) is 5.75 Å². The van der Waals surface area contributed by atoms with Gasteiger partial charge < -0.3 is 19.9 Å². The van der Waals surface area contributed by atoms with Crippen molar-refractivity contribution in [3.8, 4) is 5.75 Å². The molecule has 9 heteroatoms. The van der Waals surface area contributed by atoms with Crippen LogP contribution in [0.1, 0.15) is 40.0 Å². The van der Waals surface area contributed by atoms with Crippen LogP contribution in [0.15, 0.2) is 29.5 Å². The zero-order valence-corrected chi connectivity index (χ0v) is 18.9. The molecule has 2 amide bonds. The third-order valence-electron chi connectivity index (χ3n) is 5.09. The SMILES string of the molecule is COc1c(Cl)cccc1NC(=S)C1=C(O)C2CCCC2N(C(=O)OC(C)(C)C)C1=O. The second-order valence-corrected chi connectivity index (χ2v) is 9.11. The zero-order valence-electron chi connectivity index (χ0n) is 17.3. The van der Waals surface area contributed by atoms with E-state index in [4.69, 9.17) is 33.3 Å². The Kier molecular flexibility index (Phi) is 6.29. The van der Waals surface area contributed by atoms with Crippen LogP contribution in [0, 0.1) is 5.92 Å². The first-order valence-electron chi connectivity index (χ1n) is 9.68.